The number of hydrogen-bond acceptors (Lipinski definition) is 6. The van der Waals surface area contributed by atoms with E-state index in [1.807, 2.05) is 56.3 Å². The van der Waals surface area contributed by atoms with Crippen LogP contribution in [0.4, 0.5) is 5.69 Å². The van der Waals surface area contributed by atoms with Gasteiger partial charge in [0, 0.05) is 7.05 Å². The molecule has 1 heterocycles. The van der Waals surface area contributed by atoms with Gasteiger partial charge < -0.3 is 9.88 Å². The van der Waals surface area contributed by atoms with Gasteiger partial charge in [-0.05, 0) is 31.5 Å². The fourth-order valence-electron chi connectivity index (χ4n) is 3.09. The first kappa shape index (κ1) is 23.8. The van der Waals surface area contributed by atoms with Crippen LogP contribution in [-0.4, -0.2) is 41.1 Å². The molecule has 0 aliphatic rings. The second-order valence-electron chi connectivity index (χ2n) is 7.55. The molecule has 170 valence electrons. The number of carbonyl (C=O) groups excluding carboxylic acids is 1. The van der Waals surface area contributed by atoms with Gasteiger partial charge in [0.2, 0.25) is 15.9 Å². The number of thioether (sulfide) groups is 1. The van der Waals surface area contributed by atoms with Crippen LogP contribution in [0.3, 0.4) is 0 Å². The van der Waals surface area contributed by atoms with E-state index in [1.165, 1.54) is 16.1 Å². The maximum atomic E-state index is 12.4. The Kier molecular flexibility index (Phi) is 7.57. The van der Waals surface area contributed by atoms with Crippen LogP contribution in [0.25, 0.3) is 0 Å². The highest BCUT2D eigenvalue weighted by Gasteiger charge is 2.22. The van der Waals surface area contributed by atoms with Crippen LogP contribution in [0.5, 0.6) is 0 Å². The van der Waals surface area contributed by atoms with Gasteiger partial charge in [0.05, 0.1) is 30.3 Å². The molecule has 32 heavy (non-hydrogen) atoms. The third-order valence-electron chi connectivity index (χ3n) is 4.94. The van der Waals surface area contributed by atoms with Crippen molar-refractivity contribution in [2.45, 2.75) is 31.6 Å². The highest BCUT2D eigenvalue weighted by atomic mass is 32.2. The minimum absolute atomic E-state index is 0.0448. The highest BCUT2D eigenvalue weighted by molar-refractivity contribution is 7.99. The van der Waals surface area contributed by atoms with Crippen LogP contribution >= 0.6 is 11.8 Å². The average molecular weight is 474 g/mol. The summed E-state index contributed by atoms with van der Waals surface area (Å²) in [6, 6.07) is 16.9. The Morgan fingerprint density at radius 3 is 2.41 bits per heavy atom. The van der Waals surface area contributed by atoms with Gasteiger partial charge in [0.15, 0.2) is 11.0 Å². The number of amides is 1. The maximum absolute atomic E-state index is 12.4. The first-order valence-corrected chi connectivity index (χ1v) is 12.9. The van der Waals surface area contributed by atoms with Gasteiger partial charge in [-0.2, -0.15) is 0 Å². The van der Waals surface area contributed by atoms with Crippen molar-refractivity contribution in [1.82, 2.24) is 20.1 Å². The fraction of sp³-hybridized carbons (Fsp3) is 0.318. The van der Waals surface area contributed by atoms with E-state index in [1.54, 1.807) is 23.7 Å². The summed E-state index contributed by atoms with van der Waals surface area (Å²) in [5.41, 5.74) is 2.63. The van der Waals surface area contributed by atoms with Crippen LogP contribution in [0.1, 0.15) is 29.9 Å². The monoisotopic (exact) mass is 473 g/mol. The third kappa shape index (κ3) is 6.10. The average Bonchev–Trinajstić information content (AvgIpc) is 3.10. The molecule has 0 radical (unpaired) electrons. The minimum Gasteiger partial charge on any atom is -0.349 e. The molecule has 2 aromatic carbocycles. The number of nitrogens with one attached hydrogen (secondary N) is 1. The summed E-state index contributed by atoms with van der Waals surface area (Å²) in [7, 11) is -1.76. The molecule has 0 saturated carbocycles. The molecular weight excluding hydrogens is 446 g/mol. The molecule has 10 heteroatoms. The Labute approximate surface area is 193 Å². The molecule has 3 aromatic rings. The molecule has 1 amide bonds. The number of anilines is 1. The van der Waals surface area contributed by atoms with Crippen LogP contribution in [-0.2, 0) is 28.4 Å². The summed E-state index contributed by atoms with van der Waals surface area (Å²) in [6.07, 6.45) is 1.16. The molecule has 0 bridgehead atoms. The van der Waals surface area contributed by atoms with Gasteiger partial charge in [-0.1, -0.05) is 59.8 Å². The first-order valence-electron chi connectivity index (χ1n) is 10.0. The number of benzene rings is 2. The number of nitrogens with zero attached hydrogens (tertiary/aromatic N) is 4. The number of carbonyl (C=O) groups is 1. The normalized spacial score (nSPS) is 12.4. The van der Waals surface area contributed by atoms with E-state index in [0.29, 0.717) is 16.7 Å². The molecular formula is C22H27N5O3S2. The Hall–Kier alpha value is -2.85. The highest BCUT2D eigenvalue weighted by Crippen LogP contribution is 2.22. The quantitative estimate of drug-likeness (QED) is 0.480. The zero-order valence-corrected chi connectivity index (χ0v) is 20.2. The van der Waals surface area contributed by atoms with Crippen LogP contribution in [0, 0.1) is 6.92 Å². The van der Waals surface area contributed by atoms with E-state index in [4.69, 9.17) is 0 Å². The summed E-state index contributed by atoms with van der Waals surface area (Å²) >= 11 is 1.25. The smallest absolute Gasteiger partial charge is 0.232 e. The van der Waals surface area contributed by atoms with Crippen molar-refractivity contribution < 1.29 is 13.2 Å². The van der Waals surface area contributed by atoms with Crippen molar-refractivity contribution in [1.29, 1.82) is 0 Å². The zero-order chi connectivity index (χ0) is 23.3. The Morgan fingerprint density at radius 2 is 1.78 bits per heavy atom. The summed E-state index contributed by atoms with van der Waals surface area (Å²) in [5, 5.41) is 11.8. The molecule has 1 unspecified atom stereocenters. The topological polar surface area (TPSA) is 97.2 Å². The molecule has 0 fully saturated rings. The molecule has 0 saturated heterocycles. The SMILES string of the molecule is Cc1ccc(N(Cc2nnc(SCC(=O)NC(C)c3ccccc3)n2C)S(C)(=O)=O)cc1. The lowest BCUT2D eigenvalue weighted by Crippen LogP contribution is -2.30. The molecule has 0 aliphatic heterocycles. The number of rotatable bonds is 9. The van der Waals surface area contributed by atoms with Crippen LogP contribution in [0.15, 0.2) is 59.8 Å². The first-order chi connectivity index (χ1) is 15.1. The van der Waals surface area contributed by atoms with Crippen molar-refractivity contribution >= 4 is 33.4 Å². The molecule has 1 atom stereocenters. The van der Waals surface area contributed by atoms with Crippen LogP contribution < -0.4 is 9.62 Å². The van der Waals surface area contributed by atoms with E-state index in [2.05, 4.69) is 15.5 Å². The summed E-state index contributed by atoms with van der Waals surface area (Å²) < 4.78 is 27.8. The largest absolute Gasteiger partial charge is 0.349 e. The molecule has 3 rings (SSSR count). The zero-order valence-electron chi connectivity index (χ0n) is 18.5. The third-order valence-corrected chi connectivity index (χ3v) is 7.10. The molecule has 1 aromatic heterocycles. The lowest BCUT2D eigenvalue weighted by molar-refractivity contribution is -0.119. The van der Waals surface area contributed by atoms with Crippen LogP contribution in [0.2, 0.25) is 0 Å². The fourth-order valence-corrected chi connectivity index (χ4v) is 4.68. The molecule has 1 N–H and O–H groups in total. The summed E-state index contributed by atoms with van der Waals surface area (Å²) in [5.74, 6) is 0.543. The molecule has 0 aliphatic carbocycles. The predicted octanol–water partition coefficient (Wildman–Crippen LogP) is 3.06. The van der Waals surface area contributed by atoms with E-state index in [9.17, 15) is 13.2 Å². The Morgan fingerprint density at radius 1 is 1.12 bits per heavy atom. The van der Waals surface area contributed by atoms with Gasteiger partial charge in [0.1, 0.15) is 0 Å². The predicted molar refractivity (Wildman–Crippen MR) is 127 cm³/mol. The molecule has 0 spiro atoms. The number of aromatic nitrogens is 3. The van der Waals surface area contributed by atoms with Crippen molar-refractivity contribution in [3.8, 4) is 0 Å². The van der Waals surface area contributed by atoms with Crippen molar-refractivity contribution in [3.05, 3.63) is 71.5 Å². The van der Waals surface area contributed by atoms with E-state index in [-0.39, 0.29) is 24.2 Å². The number of sulfonamides is 1. The molecule has 8 nitrogen and oxygen atoms in total. The number of hydrogen-bond donors (Lipinski definition) is 1. The Bertz CT molecular complexity index is 1160. The minimum atomic E-state index is -3.52. The van der Waals surface area contributed by atoms with Crippen molar-refractivity contribution in [3.63, 3.8) is 0 Å². The maximum Gasteiger partial charge on any atom is 0.232 e. The van der Waals surface area contributed by atoms with Gasteiger partial charge in [0.25, 0.3) is 0 Å². The second-order valence-corrected chi connectivity index (χ2v) is 10.4. The van der Waals surface area contributed by atoms with Gasteiger partial charge in [-0.25, -0.2) is 8.42 Å². The van der Waals surface area contributed by atoms with E-state index < -0.39 is 10.0 Å². The lowest BCUT2D eigenvalue weighted by atomic mass is 10.1. The van der Waals surface area contributed by atoms with Gasteiger partial charge in [-0.15, -0.1) is 10.2 Å². The van der Waals surface area contributed by atoms with Gasteiger partial charge in [-0.3, -0.25) is 9.10 Å². The van der Waals surface area contributed by atoms with Crippen molar-refractivity contribution in [2.75, 3.05) is 16.3 Å². The number of aryl methyl sites for hydroxylation is 1. The standard InChI is InChI=1S/C22H27N5O3S2/c1-16-10-12-19(13-11-16)27(32(4,29)30)14-20-24-25-22(26(20)3)31-15-21(28)23-17(2)18-8-6-5-7-9-18/h5-13,17H,14-15H2,1-4H3,(H,23,28). The van der Waals surface area contributed by atoms with E-state index in [0.717, 1.165) is 17.4 Å². The lowest BCUT2D eigenvalue weighted by Gasteiger charge is -2.22. The van der Waals surface area contributed by atoms with Gasteiger partial charge >= 0.3 is 0 Å². The van der Waals surface area contributed by atoms with E-state index >= 15 is 0 Å². The summed E-state index contributed by atoms with van der Waals surface area (Å²) in [6.45, 7) is 3.92. The van der Waals surface area contributed by atoms with Crippen molar-refractivity contribution in [2.24, 2.45) is 7.05 Å². The Balaban J connectivity index is 1.65. The summed E-state index contributed by atoms with van der Waals surface area (Å²) in [4.78, 5) is 12.4. The second kappa shape index (κ2) is 10.2.